The summed E-state index contributed by atoms with van der Waals surface area (Å²) in [4.78, 5) is 9.56. The zero-order chi connectivity index (χ0) is 25.3. The Kier molecular flexibility index (Phi) is 6.80. The van der Waals surface area contributed by atoms with Gasteiger partial charge in [0.25, 0.3) is 0 Å². The highest BCUT2D eigenvalue weighted by molar-refractivity contribution is 5.56. The highest BCUT2D eigenvalue weighted by Gasteiger charge is 2.33. The van der Waals surface area contributed by atoms with E-state index in [1.165, 1.54) is 12.1 Å². The van der Waals surface area contributed by atoms with Crippen LogP contribution in [0.2, 0.25) is 0 Å². The fourth-order valence-corrected chi connectivity index (χ4v) is 5.43. The number of anilines is 2. The minimum absolute atomic E-state index is 0.107. The van der Waals surface area contributed by atoms with Gasteiger partial charge in [0, 0.05) is 18.7 Å². The van der Waals surface area contributed by atoms with Crippen LogP contribution in [0, 0.1) is 5.41 Å². The van der Waals surface area contributed by atoms with Gasteiger partial charge in [-0.15, -0.1) is 0 Å². The van der Waals surface area contributed by atoms with E-state index in [2.05, 4.69) is 34.9 Å². The molecule has 4 heterocycles. The molecule has 0 radical (unpaired) electrons. The number of hydrogen-bond donors (Lipinski definition) is 3. The number of alkyl halides is 3. The van der Waals surface area contributed by atoms with E-state index in [0.717, 1.165) is 74.1 Å². The highest BCUT2D eigenvalue weighted by Crippen LogP contribution is 2.36. The standard InChI is InChI=1S/C26H34F3N7/c1-17(2)21-15-33-36-22(21)34-23-32-16-25(9-11-30-12-10-25)8-4-3-5-18-13-20(26(27,28)29)7-6-19(18)14-31-24(36)35-23/h6-7,13,15,17,30H,3-5,8-12,14,16H2,1-2H3,(H2,31,32,34,35). The summed E-state index contributed by atoms with van der Waals surface area (Å²) in [5.74, 6) is 1.31. The predicted molar refractivity (Wildman–Crippen MR) is 134 cm³/mol. The van der Waals surface area contributed by atoms with Crippen LogP contribution < -0.4 is 16.0 Å². The molecule has 3 aromatic rings. The molecule has 3 N–H and O–H groups in total. The van der Waals surface area contributed by atoms with Crippen molar-refractivity contribution in [2.75, 3.05) is 30.3 Å². The number of nitrogens with one attached hydrogen (secondary N) is 3. The Bertz CT molecular complexity index is 1210. The average molecular weight is 502 g/mol. The number of aromatic nitrogens is 4. The van der Waals surface area contributed by atoms with E-state index in [9.17, 15) is 13.2 Å². The number of rotatable bonds is 1. The lowest BCUT2D eigenvalue weighted by atomic mass is 9.74. The molecule has 1 spiro atoms. The van der Waals surface area contributed by atoms with E-state index in [1.54, 1.807) is 10.6 Å². The molecule has 1 saturated heterocycles. The maximum atomic E-state index is 13.5. The van der Waals surface area contributed by atoms with Crippen LogP contribution in [0.15, 0.2) is 24.4 Å². The molecule has 2 aromatic heterocycles. The van der Waals surface area contributed by atoms with Gasteiger partial charge < -0.3 is 16.0 Å². The van der Waals surface area contributed by atoms with Gasteiger partial charge in [0.2, 0.25) is 11.9 Å². The normalized spacial score (nSPS) is 18.9. The minimum atomic E-state index is -4.36. The van der Waals surface area contributed by atoms with Crippen LogP contribution in [0.1, 0.15) is 74.1 Å². The molecule has 10 heteroatoms. The van der Waals surface area contributed by atoms with E-state index in [0.29, 0.717) is 24.9 Å². The molecule has 1 aromatic carbocycles. The third-order valence-corrected chi connectivity index (χ3v) is 7.68. The second-order valence-electron chi connectivity index (χ2n) is 10.5. The average Bonchev–Trinajstić information content (AvgIpc) is 3.28. The lowest BCUT2D eigenvalue weighted by Crippen LogP contribution is -2.41. The predicted octanol–water partition coefficient (Wildman–Crippen LogP) is 5.39. The van der Waals surface area contributed by atoms with Crippen LogP contribution in [0.5, 0.6) is 0 Å². The summed E-state index contributed by atoms with van der Waals surface area (Å²) in [5.41, 5.74) is 2.85. The van der Waals surface area contributed by atoms with Crippen LogP contribution in [0.3, 0.4) is 0 Å². The fraction of sp³-hybridized carbons (Fsp3) is 0.577. The van der Waals surface area contributed by atoms with E-state index in [-0.39, 0.29) is 11.3 Å². The largest absolute Gasteiger partial charge is 0.416 e. The molecular weight excluding hydrogens is 467 g/mol. The van der Waals surface area contributed by atoms with E-state index >= 15 is 0 Å². The number of hydrogen-bond acceptors (Lipinski definition) is 6. The molecule has 2 bridgehead atoms. The van der Waals surface area contributed by atoms with Crippen molar-refractivity contribution in [2.45, 2.75) is 71.0 Å². The molecular formula is C26H34F3N7. The number of piperidine rings is 1. The molecule has 0 unspecified atom stereocenters. The van der Waals surface area contributed by atoms with Crippen molar-refractivity contribution in [3.63, 3.8) is 0 Å². The van der Waals surface area contributed by atoms with Crippen molar-refractivity contribution in [1.82, 2.24) is 24.9 Å². The summed E-state index contributed by atoms with van der Waals surface area (Å²) in [5, 5.41) is 14.8. The summed E-state index contributed by atoms with van der Waals surface area (Å²) >= 11 is 0. The van der Waals surface area contributed by atoms with Crippen molar-refractivity contribution in [3.05, 3.63) is 46.6 Å². The maximum absolute atomic E-state index is 13.5. The highest BCUT2D eigenvalue weighted by atomic mass is 19.4. The number of benzene rings is 1. The minimum Gasteiger partial charge on any atom is -0.354 e. The van der Waals surface area contributed by atoms with Gasteiger partial charge in [0.15, 0.2) is 5.65 Å². The molecule has 2 aliphatic rings. The molecule has 1 fully saturated rings. The third-order valence-electron chi connectivity index (χ3n) is 7.68. The Morgan fingerprint density at radius 2 is 1.81 bits per heavy atom. The zero-order valence-electron chi connectivity index (χ0n) is 20.9. The monoisotopic (exact) mass is 501 g/mol. The first kappa shape index (κ1) is 24.8. The number of halogens is 3. The van der Waals surface area contributed by atoms with E-state index < -0.39 is 11.7 Å². The first-order chi connectivity index (χ1) is 17.2. The summed E-state index contributed by atoms with van der Waals surface area (Å²) in [6, 6.07) is 4.07. The second kappa shape index (κ2) is 9.88. The van der Waals surface area contributed by atoms with Crippen LogP contribution in [0.25, 0.3) is 5.65 Å². The number of aryl methyl sites for hydroxylation is 1. The van der Waals surface area contributed by atoms with Crippen molar-refractivity contribution < 1.29 is 13.2 Å². The Balaban J connectivity index is 1.55. The fourth-order valence-electron chi connectivity index (χ4n) is 5.43. The van der Waals surface area contributed by atoms with Gasteiger partial charge in [-0.3, -0.25) is 0 Å². The second-order valence-corrected chi connectivity index (χ2v) is 10.5. The SMILES string of the molecule is CC(C)c1cnn2c3nc(nc12)NCC1(CCCCc2cc(C(F)(F)F)ccc2CN3)CCNCC1. The lowest BCUT2D eigenvalue weighted by Gasteiger charge is -2.38. The van der Waals surface area contributed by atoms with Gasteiger partial charge in [-0.1, -0.05) is 26.3 Å². The van der Waals surface area contributed by atoms with Crippen molar-refractivity contribution in [3.8, 4) is 0 Å². The molecule has 7 nitrogen and oxygen atoms in total. The van der Waals surface area contributed by atoms with Crippen molar-refractivity contribution >= 4 is 17.5 Å². The Hall–Kier alpha value is -2.88. The molecule has 2 aliphatic heterocycles. The van der Waals surface area contributed by atoms with Gasteiger partial charge in [-0.25, -0.2) is 0 Å². The Labute approximate surface area is 209 Å². The van der Waals surface area contributed by atoms with Gasteiger partial charge in [-0.05, 0) is 79.8 Å². The van der Waals surface area contributed by atoms with E-state index in [1.807, 2.05) is 6.20 Å². The third kappa shape index (κ3) is 5.14. The Morgan fingerprint density at radius 1 is 1.00 bits per heavy atom. The van der Waals surface area contributed by atoms with Gasteiger partial charge in [0.1, 0.15) is 0 Å². The Morgan fingerprint density at radius 3 is 2.56 bits per heavy atom. The van der Waals surface area contributed by atoms with Crippen LogP contribution >= 0.6 is 0 Å². The van der Waals surface area contributed by atoms with Gasteiger partial charge in [0.05, 0.1) is 11.8 Å². The molecule has 5 rings (SSSR count). The first-order valence-electron chi connectivity index (χ1n) is 12.9. The van der Waals surface area contributed by atoms with Gasteiger partial charge in [-0.2, -0.15) is 32.8 Å². The molecule has 0 aliphatic carbocycles. The van der Waals surface area contributed by atoms with Crippen LogP contribution in [-0.2, 0) is 19.1 Å². The number of nitrogens with zero attached hydrogens (tertiary/aromatic N) is 4. The maximum Gasteiger partial charge on any atom is 0.416 e. The van der Waals surface area contributed by atoms with Crippen LogP contribution in [-0.4, -0.2) is 39.2 Å². The summed E-state index contributed by atoms with van der Waals surface area (Å²) < 4.78 is 42.1. The van der Waals surface area contributed by atoms with Crippen molar-refractivity contribution in [2.24, 2.45) is 5.41 Å². The number of fused-ring (bicyclic) bond motifs is 5. The summed E-state index contributed by atoms with van der Waals surface area (Å²) in [6.45, 7) is 7.25. The smallest absolute Gasteiger partial charge is 0.354 e. The lowest BCUT2D eigenvalue weighted by molar-refractivity contribution is -0.137. The van der Waals surface area contributed by atoms with Gasteiger partial charge >= 0.3 is 6.18 Å². The first-order valence-corrected chi connectivity index (χ1v) is 12.9. The quantitative estimate of drug-likeness (QED) is 0.415. The molecule has 36 heavy (non-hydrogen) atoms. The molecule has 0 amide bonds. The molecule has 0 atom stereocenters. The molecule has 0 saturated carbocycles. The topological polar surface area (TPSA) is 79.2 Å². The summed E-state index contributed by atoms with van der Waals surface area (Å²) in [7, 11) is 0. The zero-order valence-corrected chi connectivity index (χ0v) is 20.9. The molecule has 194 valence electrons. The van der Waals surface area contributed by atoms with Crippen LogP contribution in [0.4, 0.5) is 25.1 Å². The summed E-state index contributed by atoms with van der Waals surface area (Å²) in [6.07, 6.45) is 3.01. The van der Waals surface area contributed by atoms with Crippen molar-refractivity contribution in [1.29, 1.82) is 0 Å². The van der Waals surface area contributed by atoms with E-state index in [4.69, 9.17) is 9.97 Å².